The predicted octanol–water partition coefficient (Wildman–Crippen LogP) is 0.797. The molecule has 0 fully saturated rings. The Morgan fingerprint density at radius 3 is 2.79 bits per heavy atom. The van der Waals surface area contributed by atoms with Crippen molar-refractivity contribution >= 4 is 5.82 Å². The summed E-state index contributed by atoms with van der Waals surface area (Å²) in [5.74, 6) is 1.81. The summed E-state index contributed by atoms with van der Waals surface area (Å²) in [7, 11) is 2.06. The number of anilines is 1. The van der Waals surface area contributed by atoms with Crippen LogP contribution in [0.15, 0.2) is 0 Å². The van der Waals surface area contributed by atoms with Crippen molar-refractivity contribution in [1.82, 2.24) is 9.97 Å². The molecule has 0 radical (unpaired) electrons. The maximum Gasteiger partial charge on any atom is 0.147 e. The third-order valence-corrected chi connectivity index (χ3v) is 2.68. The van der Waals surface area contributed by atoms with Crippen LogP contribution >= 0.6 is 0 Å². The van der Waals surface area contributed by atoms with Crippen molar-refractivity contribution in [2.45, 2.75) is 26.3 Å². The lowest BCUT2D eigenvalue weighted by molar-refractivity contribution is 0.730. The minimum absolute atomic E-state index is 0.0898. The first-order chi connectivity index (χ1) is 6.59. The van der Waals surface area contributed by atoms with Gasteiger partial charge in [0.1, 0.15) is 11.6 Å². The molecule has 1 aromatic rings. The third-order valence-electron chi connectivity index (χ3n) is 2.68. The minimum atomic E-state index is -0.0898. The van der Waals surface area contributed by atoms with E-state index in [1.165, 1.54) is 5.56 Å². The number of fused-ring (bicyclic) bond motifs is 1. The number of likely N-dealkylation sites (N-methyl/N-ethyl adjacent to an activating group) is 1. The highest BCUT2D eigenvalue weighted by Gasteiger charge is 2.21. The van der Waals surface area contributed by atoms with Gasteiger partial charge >= 0.3 is 0 Å². The van der Waals surface area contributed by atoms with E-state index in [1.807, 2.05) is 13.8 Å². The highest BCUT2D eigenvalue weighted by molar-refractivity contribution is 5.53. The van der Waals surface area contributed by atoms with Crippen LogP contribution in [0.25, 0.3) is 0 Å². The second-order valence-electron chi connectivity index (χ2n) is 3.93. The van der Waals surface area contributed by atoms with E-state index in [4.69, 9.17) is 5.73 Å². The van der Waals surface area contributed by atoms with Crippen LogP contribution in [0.5, 0.6) is 0 Å². The molecule has 0 saturated heterocycles. The van der Waals surface area contributed by atoms with Gasteiger partial charge in [0, 0.05) is 24.8 Å². The number of hydrogen-bond acceptors (Lipinski definition) is 4. The maximum atomic E-state index is 5.78. The van der Waals surface area contributed by atoms with Gasteiger partial charge in [-0.05, 0) is 20.3 Å². The van der Waals surface area contributed by atoms with Crippen LogP contribution in [0, 0.1) is 6.92 Å². The lowest BCUT2D eigenvalue weighted by Crippen LogP contribution is -2.17. The van der Waals surface area contributed by atoms with Crippen molar-refractivity contribution in [2.75, 3.05) is 18.5 Å². The molecule has 0 aromatic carbocycles. The molecule has 1 unspecified atom stereocenters. The summed E-state index contributed by atoms with van der Waals surface area (Å²) in [6, 6.07) is -0.0898. The van der Waals surface area contributed by atoms with Crippen LogP contribution in [0.4, 0.5) is 5.82 Å². The van der Waals surface area contributed by atoms with Crippen LogP contribution in [0.2, 0.25) is 0 Å². The van der Waals surface area contributed by atoms with E-state index in [-0.39, 0.29) is 6.04 Å². The zero-order valence-electron chi connectivity index (χ0n) is 8.91. The number of hydrogen-bond donors (Lipinski definition) is 1. The average molecular weight is 192 g/mol. The topological polar surface area (TPSA) is 55.0 Å². The zero-order valence-corrected chi connectivity index (χ0v) is 8.91. The molecule has 1 atom stereocenters. The molecule has 0 aliphatic carbocycles. The molecule has 0 saturated carbocycles. The quantitative estimate of drug-likeness (QED) is 0.715. The second-order valence-corrected chi connectivity index (χ2v) is 3.93. The monoisotopic (exact) mass is 192 g/mol. The summed E-state index contributed by atoms with van der Waals surface area (Å²) in [5, 5.41) is 0. The Kier molecular flexibility index (Phi) is 2.15. The van der Waals surface area contributed by atoms with Crippen LogP contribution in [0.1, 0.15) is 30.0 Å². The summed E-state index contributed by atoms with van der Waals surface area (Å²) in [6.07, 6.45) is 1.05. The lowest BCUT2D eigenvalue weighted by Gasteiger charge is -2.13. The standard InChI is InChI=1S/C10H16N4/c1-6(11)9-12-7(2)8-4-5-14(3)10(8)13-9/h6H,4-5,11H2,1-3H3. The molecule has 2 heterocycles. The summed E-state index contributed by atoms with van der Waals surface area (Å²) < 4.78 is 0. The van der Waals surface area contributed by atoms with Gasteiger partial charge in [-0.3, -0.25) is 0 Å². The molecule has 76 valence electrons. The van der Waals surface area contributed by atoms with Crippen LogP contribution in [0.3, 0.4) is 0 Å². The third kappa shape index (κ3) is 1.35. The van der Waals surface area contributed by atoms with Gasteiger partial charge < -0.3 is 10.6 Å². The van der Waals surface area contributed by atoms with E-state index in [1.54, 1.807) is 0 Å². The Labute approximate surface area is 84.2 Å². The van der Waals surface area contributed by atoms with Gasteiger partial charge in [0.2, 0.25) is 0 Å². The van der Waals surface area contributed by atoms with Crippen molar-refractivity contribution in [3.05, 3.63) is 17.1 Å². The molecule has 1 aliphatic heterocycles. The first kappa shape index (κ1) is 9.40. The van der Waals surface area contributed by atoms with Gasteiger partial charge in [0.25, 0.3) is 0 Å². The number of aromatic nitrogens is 2. The Morgan fingerprint density at radius 2 is 2.14 bits per heavy atom. The fourth-order valence-corrected chi connectivity index (χ4v) is 1.80. The fraction of sp³-hybridized carbons (Fsp3) is 0.600. The van der Waals surface area contributed by atoms with E-state index >= 15 is 0 Å². The predicted molar refractivity (Wildman–Crippen MR) is 56.3 cm³/mol. The van der Waals surface area contributed by atoms with Crippen molar-refractivity contribution in [2.24, 2.45) is 5.73 Å². The Morgan fingerprint density at radius 1 is 1.43 bits per heavy atom. The first-order valence-corrected chi connectivity index (χ1v) is 4.93. The number of nitrogens with zero attached hydrogens (tertiary/aromatic N) is 3. The van der Waals surface area contributed by atoms with Crippen molar-refractivity contribution < 1.29 is 0 Å². The Bertz CT molecular complexity index is 359. The Hall–Kier alpha value is -1.16. The molecular weight excluding hydrogens is 176 g/mol. The van der Waals surface area contributed by atoms with Crippen molar-refractivity contribution in [3.8, 4) is 0 Å². The summed E-state index contributed by atoms with van der Waals surface area (Å²) in [6.45, 7) is 4.98. The molecule has 4 heteroatoms. The van der Waals surface area contributed by atoms with Gasteiger partial charge in [-0.1, -0.05) is 0 Å². The maximum absolute atomic E-state index is 5.78. The first-order valence-electron chi connectivity index (χ1n) is 4.93. The van der Waals surface area contributed by atoms with E-state index in [2.05, 4.69) is 21.9 Å². The van der Waals surface area contributed by atoms with E-state index in [9.17, 15) is 0 Å². The van der Waals surface area contributed by atoms with Gasteiger partial charge in [-0.2, -0.15) is 0 Å². The summed E-state index contributed by atoms with van der Waals surface area (Å²) >= 11 is 0. The molecule has 2 N–H and O–H groups in total. The van der Waals surface area contributed by atoms with E-state index < -0.39 is 0 Å². The number of nitrogens with two attached hydrogens (primary N) is 1. The molecule has 14 heavy (non-hydrogen) atoms. The molecule has 2 rings (SSSR count). The van der Waals surface area contributed by atoms with E-state index in [0.717, 1.165) is 30.3 Å². The van der Waals surface area contributed by atoms with Crippen molar-refractivity contribution in [1.29, 1.82) is 0 Å². The van der Waals surface area contributed by atoms with E-state index in [0.29, 0.717) is 0 Å². The number of rotatable bonds is 1. The summed E-state index contributed by atoms with van der Waals surface area (Å²) in [4.78, 5) is 11.1. The molecule has 0 amide bonds. The average Bonchev–Trinajstić information content (AvgIpc) is 2.48. The fourth-order valence-electron chi connectivity index (χ4n) is 1.80. The van der Waals surface area contributed by atoms with Gasteiger partial charge in [0.05, 0.1) is 6.04 Å². The highest BCUT2D eigenvalue weighted by Crippen LogP contribution is 2.27. The minimum Gasteiger partial charge on any atom is -0.359 e. The molecule has 4 nitrogen and oxygen atoms in total. The van der Waals surface area contributed by atoms with Gasteiger partial charge in [-0.15, -0.1) is 0 Å². The normalized spacial score (nSPS) is 17.0. The second kappa shape index (κ2) is 3.20. The highest BCUT2D eigenvalue weighted by atomic mass is 15.2. The largest absolute Gasteiger partial charge is 0.359 e. The van der Waals surface area contributed by atoms with Crippen molar-refractivity contribution in [3.63, 3.8) is 0 Å². The summed E-state index contributed by atoms with van der Waals surface area (Å²) in [5.41, 5.74) is 8.13. The van der Waals surface area contributed by atoms with Gasteiger partial charge in [-0.25, -0.2) is 9.97 Å². The lowest BCUT2D eigenvalue weighted by atomic mass is 10.2. The zero-order chi connectivity index (χ0) is 10.3. The molecular formula is C10H16N4. The number of aryl methyl sites for hydroxylation is 1. The van der Waals surface area contributed by atoms with Crippen LogP contribution < -0.4 is 10.6 Å². The SMILES string of the molecule is Cc1nc(C(C)N)nc2c1CCN2C. The molecule has 0 spiro atoms. The smallest absolute Gasteiger partial charge is 0.147 e. The molecule has 1 aliphatic rings. The Balaban J connectivity index is 2.52. The van der Waals surface area contributed by atoms with Crippen LogP contribution in [-0.4, -0.2) is 23.6 Å². The van der Waals surface area contributed by atoms with Gasteiger partial charge in [0.15, 0.2) is 0 Å². The van der Waals surface area contributed by atoms with Crippen LogP contribution in [-0.2, 0) is 6.42 Å². The molecule has 0 bridgehead atoms. The molecule has 1 aromatic heterocycles.